The van der Waals surface area contributed by atoms with E-state index >= 15 is 0 Å². The molecule has 0 fully saturated rings. The van der Waals surface area contributed by atoms with E-state index in [9.17, 15) is 5.11 Å². The molecule has 0 saturated heterocycles. The van der Waals surface area contributed by atoms with Crippen molar-refractivity contribution >= 4 is 0 Å². The maximum Gasteiger partial charge on any atom is 0.0619 e. The fourth-order valence-electron chi connectivity index (χ4n) is 1.04. The number of aliphatic hydroxyl groups is 1. The molecule has 0 spiro atoms. The molecule has 0 aliphatic rings. The van der Waals surface area contributed by atoms with Gasteiger partial charge in [0.05, 0.1) is 5.60 Å². The van der Waals surface area contributed by atoms with Gasteiger partial charge in [0.1, 0.15) is 0 Å². The lowest BCUT2D eigenvalue weighted by Crippen LogP contribution is -2.25. The Bertz CT molecular complexity index is 86.7. The Morgan fingerprint density at radius 1 is 1.40 bits per heavy atom. The van der Waals surface area contributed by atoms with E-state index in [1.54, 1.807) is 0 Å². The van der Waals surface area contributed by atoms with Gasteiger partial charge in [-0.15, -0.1) is 0 Å². The highest BCUT2D eigenvalue weighted by atomic mass is 16.3. The van der Waals surface area contributed by atoms with Gasteiger partial charge in [-0.25, -0.2) is 0 Å². The highest BCUT2D eigenvalue weighted by Gasteiger charge is 2.19. The molecule has 0 aromatic carbocycles. The third-order valence-electron chi connectivity index (χ3n) is 2.25. The molecule has 0 heterocycles. The molecular weight excluding hydrogens is 124 g/mol. The van der Waals surface area contributed by atoms with E-state index in [1.165, 1.54) is 0 Å². The van der Waals surface area contributed by atoms with E-state index in [0.717, 1.165) is 19.3 Å². The van der Waals surface area contributed by atoms with Crippen LogP contribution in [0.5, 0.6) is 0 Å². The van der Waals surface area contributed by atoms with Crippen molar-refractivity contribution in [2.75, 3.05) is 0 Å². The van der Waals surface area contributed by atoms with E-state index < -0.39 is 5.60 Å². The molecule has 0 amide bonds. The van der Waals surface area contributed by atoms with Gasteiger partial charge in [-0.2, -0.15) is 0 Å². The summed E-state index contributed by atoms with van der Waals surface area (Å²) in [6, 6.07) is 0. The van der Waals surface area contributed by atoms with Crippen molar-refractivity contribution in [2.45, 2.75) is 52.6 Å². The van der Waals surface area contributed by atoms with Crippen LogP contribution in [0.1, 0.15) is 47.0 Å². The molecule has 0 saturated carbocycles. The Morgan fingerprint density at radius 2 is 1.90 bits per heavy atom. The minimum Gasteiger partial charge on any atom is -0.390 e. The Hall–Kier alpha value is -0.0400. The first-order chi connectivity index (χ1) is 4.52. The van der Waals surface area contributed by atoms with Gasteiger partial charge < -0.3 is 5.11 Å². The van der Waals surface area contributed by atoms with Crippen molar-refractivity contribution in [1.29, 1.82) is 0 Å². The standard InChI is InChI=1S/C9H20O/c1-5-8(3)7-9(4,10)6-2/h8,10H,5-7H2,1-4H3/t8-,9+/m0/s1. The second-order valence-electron chi connectivity index (χ2n) is 3.57. The van der Waals surface area contributed by atoms with E-state index in [-0.39, 0.29) is 0 Å². The highest BCUT2D eigenvalue weighted by molar-refractivity contribution is 4.72. The van der Waals surface area contributed by atoms with Crippen LogP contribution < -0.4 is 0 Å². The Labute approximate surface area is 64.5 Å². The lowest BCUT2D eigenvalue weighted by atomic mass is 9.90. The molecule has 0 aliphatic heterocycles. The summed E-state index contributed by atoms with van der Waals surface area (Å²) in [6.45, 7) is 8.29. The fraction of sp³-hybridized carbons (Fsp3) is 1.00. The summed E-state index contributed by atoms with van der Waals surface area (Å²) in [5.74, 6) is 0.648. The Morgan fingerprint density at radius 3 is 2.20 bits per heavy atom. The van der Waals surface area contributed by atoms with Crippen molar-refractivity contribution in [1.82, 2.24) is 0 Å². The monoisotopic (exact) mass is 144 g/mol. The van der Waals surface area contributed by atoms with Crippen molar-refractivity contribution in [3.63, 3.8) is 0 Å². The van der Waals surface area contributed by atoms with Crippen LogP contribution in [0.2, 0.25) is 0 Å². The van der Waals surface area contributed by atoms with Crippen molar-refractivity contribution < 1.29 is 5.11 Å². The van der Waals surface area contributed by atoms with Crippen LogP contribution in [0.25, 0.3) is 0 Å². The number of hydrogen-bond donors (Lipinski definition) is 1. The summed E-state index contributed by atoms with van der Waals surface area (Å²) in [5, 5.41) is 9.62. The van der Waals surface area contributed by atoms with Gasteiger partial charge in [-0.05, 0) is 25.7 Å². The molecule has 0 rings (SSSR count). The SMILES string of the molecule is CC[C@H](C)C[C@](C)(O)CC. The van der Waals surface area contributed by atoms with Crippen molar-refractivity contribution in [3.8, 4) is 0 Å². The molecule has 10 heavy (non-hydrogen) atoms. The van der Waals surface area contributed by atoms with Crippen LogP contribution >= 0.6 is 0 Å². The molecule has 0 aliphatic carbocycles. The maximum atomic E-state index is 9.62. The van der Waals surface area contributed by atoms with E-state index in [4.69, 9.17) is 0 Å². The van der Waals surface area contributed by atoms with Gasteiger partial charge in [0.25, 0.3) is 0 Å². The number of hydrogen-bond acceptors (Lipinski definition) is 1. The largest absolute Gasteiger partial charge is 0.390 e. The maximum absolute atomic E-state index is 9.62. The average Bonchev–Trinajstić information content (AvgIpc) is 1.87. The van der Waals surface area contributed by atoms with Crippen LogP contribution in [0.15, 0.2) is 0 Å². The van der Waals surface area contributed by atoms with Gasteiger partial charge in [-0.3, -0.25) is 0 Å². The van der Waals surface area contributed by atoms with Crippen LogP contribution in [0.3, 0.4) is 0 Å². The molecule has 0 radical (unpaired) electrons. The summed E-state index contributed by atoms with van der Waals surface area (Å²) in [7, 11) is 0. The van der Waals surface area contributed by atoms with Gasteiger partial charge in [0.2, 0.25) is 0 Å². The number of rotatable bonds is 4. The van der Waals surface area contributed by atoms with E-state index in [2.05, 4.69) is 13.8 Å². The van der Waals surface area contributed by atoms with Gasteiger partial charge in [-0.1, -0.05) is 27.2 Å². The molecule has 0 aromatic heterocycles. The van der Waals surface area contributed by atoms with Crippen molar-refractivity contribution in [2.24, 2.45) is 5.92 Å². The minimum absolute atomic E-state index is 0.435. The summed E-state index contributed by atoms with van der Waals surface area (Å²) >= 11 is 0. The molecular formula is C9H20O. The summed E-state index contributed by atoms with van der Waals surface area (Å²) in [6.07, 6.45) is 2.95. The van der Waals surface area contributed by atoms with Crippen LogP contribution in [-0.4, -0.2) is 10.7 Å². The van der Waals surface area contributed by atoms with Gasteiger partial charge >= 0.3 is 0 Å². The topological polar surface area (TPSA) is 20.2 Å². The van der Waals surface area contributed by atoms with Crippen LogP contribution in [0, 0.1) is 5.92 Å². The highest BCUT2D eigenvalue weighted by Crippen LogP contribution is 2.21. The third-order valence-corrected chi connectivity index (χ3v) is 2.25. The second kappa shape index (κ2) is 3.97. The predicted molar refractivity (Wildman–Crippen MR) is 45.0 cm³/mol. The minimum atomic E-state index is -0.435. The zero-order valence-electron chi connectivity index (χ0n) is 7.65. The predicted octanol–water partition coefficient (Wildman–Crippen LogP) is 2.58. The van der Waals surface area contributed by atoms with Crippen molar-refractivity contribution in [3.05, 3.63) is 0 Å². The van der Waals surface area contributed by atoms with Gasteiger partial charge in [0.15, 0.2) is 0 Å². The van der Waals surface area contributed by atoms with E-state index in [0.29, 0.717) is 5.92 Å². The molecule has 1 nitrogen and oxygen atoms in total. The lowest BCUT2D eigenvalue weighted by Gasteiger charge is -2.24. The Kier molecular flexibility index (Phi) is 3.95. The molecule has 62 valence electrons. The molecule has 0 unspecified atom stereocenters. The third kappa shape index (κ3) is 3.89. The fourth-order valence-corrected chi connectivity index (χ4v) is 1.04. The first-order valence-electron chi connectivity index (χ1n) is 4.24. The lowest BCUT2D eigenvalue weighted by molar-refractivity contribution is 0.0319. The normalized spacial score (nSPS) is 20.1. The first-order valence-corrected chi connectivity index (χ1v) is 4.24. The molecule has 1 heteroatoms. The first kappa shape index (κ1) is 9.96. The van der Waals surface area contributed by atoms with Gasteiger partial charge in [0, 0.05) is 0 Å². The summed E-state index contributed by atoms with van der Waals surface area (Å²) in [4.78, 5) is 0. The summed E-state index contributed by atoms with van der Waals surface area (Å²) < 4.78 is 0. The molecule has 0 bridgehead atoms. The Balaban J connectivity index is 3.64. The van der Waals surface area contributed by atoms with Crippen LogP contribution in [0.4, 0.5) is 0 Å². The molecule has 0 aromatic rings. The average molecular weight is 144 g/mol. The zero-order valence-corrected chi connectivity index (χ0v) is 7.65. The smallest absolute Gasteiger partial charge is 0.0619 e. The molecule has 1 N–H and O–H groups in total. The second-order valence-corrected chi connectivity index (χ2v) is 3.57. The van der Waals surface area contributed by atoms with E-state index in [1.807, 2.05) is 13.8 Å². The quantitative estimate of drug-likeness (QED) is 0.643. The summed E-state index contributed by atoms with van der Waals surface area (Å²) in [5.41, 5.74) is -0.435. The molecule has 2 atom stereocenters. The zero-order chi connectivity index (χ0) is 8.20. The van der Waals surface area contributed by atoms with Crippen LogP contribution in [-0.2, 0) is 0 Å².